The molecule has 0 heterocycles. The van der Waals surface area contributed by atoms with Gasteiger partial charge in [0.05, 0.1) is 31.3 Å². The number of aliphatic hydroxyl groups excluding tert-OH is 1. The van der Waals surface area contributed by atoms with Gasteiger partial charge in [0.25, 0.3) is 0 Å². The third-order valence-electron chi connectivity index (χ3n) is 11.0. The van der Waals surface area contributed by atoms with E-state index in [9.17, 15) is 22.4 Å². The number of aliphatic hydroxyl groups is 1. The Morgan fingerprint density at radius 3 is 0.608 bits per heavy atom. The Hall–Kier alpha value is 0.175. The first kappa shape index (κ1) is 53.3. The fourth-order valence-corrected chi connectivity index (χ4v) is 12.2. The minimum Gasteiger partial charge on any atom is -0.418 e. The number of hydrogen-bond acceptors (Lipinski definition) is 1. The molecule has 0 radical (unpaired) electrons. The summed E-state index contributed by atoms with van der Waals surface area (Å²) in [6, 6.07) is 0. The molecule has 0 atom stereocenters. The van der Waals surface area contributed by atoms with Crippen molar-refractivity contribution >= 4 is 14.5 Å². The van der Waals surface area contributed by atoms with Crippen molar-refractivity contribution in [1.29, 1.82) is 0 Å². The molecule has 0 aromatic carbocycles. The summed E-state index contributed by atoms with van der Waals surface area (Å²) in [5.41, 5.74) is 0. The van der Waals surface area contributed by atoms with Crippen molar-refractivity contribution in [2.45, 2.75) is 252 Å². The van der Waals surface area contributed by atoms with E-state index < -0.39 is 14.5 Å². The van der Waals surface area contributed by atoms with Gasteiger partial charge in [-0.3, -0.25) is 0 Å². The van der Waals surface area contributed by atoms with Crippen LogP contribution >= 0.6 is 7.26 Å². The Balaban J connectivity index is 0. The Bertz CT molecular complexity index is 561. The van der Waals surface area contributed by atoms with E-state index in [0.29, 0.717) is 6.61 Å². The third kappa shape index (κ3) is 48.2. The van der Waals surface area contributed by atoms with Gasteiger partial charge >= 0.3 is 7.25 Å². The van der Waals surface area contributed by atoms with Crippen LogP contribution < -0.4 is 0 Å². The minimum absolute atomic E-state index is 0.447. The number of rotatable bonds is 41. The third-order valence-corrected chi connectivity index (χ3v) is 16.0. The molecule has 0 aromatic heterocycles. The smallest absolute Gasteiger partial charge is 0.418 e. The van der Waals surface area contributed by atoms with Crippen molar-refractivity contribution in [2.75, 3.05) is 31.3 Å². The van der Waals surface area contributed by atoms with Crippen LogP contribution in [0.4, 0.5) is 17.3 Å². The predicted octanol–water partition coefficient (Wildman–Crippen LogP) is 17.4. The first-order valence-electron chi connectivity index (χ1n) is 23.1. The lowest BCUT2D eigenvalue weighted by molar-refractivity contribution is 0.320. The van der Waals surface area contributed by atoms with Crippen LogP contribution in [-0.4, -0.2) is 43.6 Å². The Morgan fingerprint density at radius 1 is 0.294 bits per heavy atom. The van der Waals surface area contributed by atoms with Crippen LogP contribution in [0, 0.1) is 0 Å². The summed E-state index contributed by atoms with van der Waals surface area (Å²) in [6.45, 7) is 7.39. The van der Waals surface area contributed by atoms with Crippen molar-refractivity contribution in [3.8, 4) is 0 Å². The molecule has 0 unspecified atom stereocenters. The van der Waals surface area contributed by atoms with E-state index in [2.05, 4.69) is 20.8 Å². The molecule has 0 spiro atoms. The predicted molar refractivity (Wildman–Crippen MR) is 227 cm³/mol. The van der Waals surface area contributed by atoms with Gasteiger partial charge in [-0.1, -0.05) is 213 Å². The zero-order valence-corrected chi connectivity index (χ0v) is 35.9. The quantitative estimate of drug-likeness (QED) is 0.0285. The van der Waals surface area contributed by atoms with Crippen LogP contribution in [-0.2, 0) is 0 Å². The second-order valence-electron chi connectivity index (χ2n) is 16.1. The van der Waals surface area contributed by atoms with Crippen LogP contribution in [0.15, 0.2) is 0 Å². The van der Waals surface area contributed by atoms with Gasteiger partial charge in [-0.25, -0.2) is 0 Å². The Kier molecular flexibility index (Phi) is 44.8. The molecule has 51 heavy (non-hydrogen) atoms. The average Bonchev–Trinajstić information content (AvgIpc) is 3.09. The maximum Gasteiger partial charge on any atom is 0.673 e. The van der Waals surface area contributed by atoms with Crippen LogP contribution in [0.25, 0.3) is 0 Å². The zero-order chi connectivity index (χ0) is 38.0. The minimum atomic E-state index is -6.00. The SMILES string of the molecule is CCCCCCCCCCCCCC[P+](CCO)(CCCCCCCCCCCCCC)CCCCCCCCCCCCCC.F[B-](F)(F)F. The van der Waals surface area contributed by atoms with Gasteiger partial charge in [-0.15, -0.1) is 0 Å². The molecule has 0 fully saturated rings. The molecule has 0 bridgehead atoms. The summed E-state index contributed by atoms with van der Waals surface area (Å²) in [5.74, 6) is 0. The van der Waals surface area contributed by atoms with E-state index in [-0.39, 0.29) is 0 Å². The van der Waals surface area contributed by atoms with Crippen molar-refractivity contribution in [1.82, 2.24) is 0 Å². The molecule has 0 aliphatic heterocycles. The summed E-state index contributed by atoms with van der Waals surface area (Å²) in [5, 5.41) is 10.2. The number of hydrogen-bond donors (Lipinski definition) is 1. The van der Waals surface area contributed by atoms with E-state index in [1.54, 1.807) is 0 Å². The maximum atomic E-state index is 10.2. The second-order valence-corrected chi connectivity index (χ2v) is 20.6. The van der Waals surface area contributed by atoms with Gasteiger partial charge in [0.1, 0.15) is 0 Å². The molecule has 0 saturated carbocycles. The Morgan fingerprint density at radius 2 is 0.451 bits per heavy atom. The van der Waals surface area contributed by atoms with Crippen LogP contribution in [0.5, 0.6) is 0 Å². The van der Waals surface area contributed by atoms with Gasteiger partial charge in [0, 0.05) is 7.26 Å². The van der Waals surface area contributed by atoms with Gasteiger partial charge in [0.15, 0.2) is 0 Å². The van der Waals surface area contributed by atoms with Crippen molar-refractivity contribution in [3.63, 3.8) is 0 Å². The van der Waals surface area contributed by atoms with Gasteiger partial charge in [-0.05, 0) is 38.5 Å². The second kappa shape index (κ2) is 42.9. The molecule has 0 aliphatic rings. The lowest BCUT2D eigenvalue weighted by atomic mass is 10.1. The monoisotopic (exact) mass is 755 g/mol. The standard InChI is InChI=1S/C44H92OP.BF4/c1-4-7-10-13-16-19-22-25-28-31-34-37-41-46(44-40-45,42-38-35-32-29-26-23-20-17-14-11-8-5-2)43-39-36-33-30-27-24-21-18-15-12-9-6-3;2-1(3,4)5/h45H,4-44H2,1-3H3;/q+1;-1. The van der Waals surface area contributed by atoms with Gasteiger partial charge in [-0.2, -0.15) is 0 Å². The van der Waals surface area contributed by atoms with E-state index in [1.165, 1.54) is 256 Å². The first-order chi connectivity index (χ1) is 24.7. The molecule has 7 heteroatoms. The molecule has 1 N–H and O–H groups in total. The summed E-state index contributed by atoms with van der Waals surface area (Å²) in [6.07, 6.45) is 57.7. The number of unbranched alkanes of at least 4 members (excludes halogenated alkanes) is 33. The van der Waals surface area contributed by atoms with Gasteiger partial charge in [0.2, 0.25) is 0 Å². The van der Waals surface area contributed by atoms with E-state index >= 15 is 0 Å². The topological polar surface area (TPSA) is 20.2 Å². The maximum absolute atomic E-state index is 10.2. The van der Waals surface area contributed by atoms with E-state index in [0.717, 1.165) is 0 Å². The molecule has 1 nitrogen and oxygen atoms in total. The fraction of sp³-hybridized carbons (Fsp3) is 1.00. The summed E-state index contributed by atoms with van der Waals surface area (Å²) in [4.78, 5) is 0. The molecule has 310 valence electrons. The highest BCUT2D eigenvalue weighted by Gasteiger charge is 2.35. The summed E-state index contributed by atoms with van der Waals surface area (Å²) < 4.78 is 39.0. The first-order valence-corrected chi connectivity index (χ1v) is 25.6. The summed E-state index contributed by atoms with van der Waals surface area (Å²) >= 11 is 0. The van der Waals surface area contributed by atoms with Crippen LogP contribution in [0.2, 0.25) is 0 Å². The lowest BCUT2D eigenvalue weighted by Crippen LogP contribution is -2.15. The fourth-order valence-electron chi connectivity index (χ4n) is 7.75. The molecule has 0 saturated heterocycles. The number of halogens is 4. The molecule has 0 aromatic rings. The molecule has 0 amide bonds. The van der Waals surface area contributed by atoms with Crippen molar-refractivity contribution in [2.24, 2.45) is 0 Å². The van der Waals surface area contributed by atoms with Crippen LogP contribution in [0.1, 0.15) is 252 Å². The highest BCUT2D eigenvalue weighted by atomic mass is 31.2. The van der Waals surface area contributed by atoms with Crippen LogP contribution in [0.3, 0.4) is 0 Å². The normalized spacial score (nSPS) is 12.0. The highest BCUT2D eigenvalue weighted by molar-refractivity contribution is 7.75. The average molecular weight is 755 g/mol. The molecular formula is C44H92BF4OP. The van der Waals surface area contributed by atoms with E-state index in [1.807, 2.05) is 0 Å². The van der Waals surface area contributed by atoms with Crippen molar-refractivity contribution < 1.29 is 22.4 Å². The summed E-state index contributed by atoms with van der Waals surface area (Å²) in [7, 11) is -6.99. The molecule has 0 aliphatic carbocycles. The Labute approximate surface area is 319 Å². The zero-order valence-electron chi connectivity index (χ0n) is 35.0. The van der Waals surface area contributed by atoms with Gasteiger partial charge < -0.3 is 22.4 Å². The molecular weight excluding hydrogens is 662 g/mol. The lowest BCUT2D eigenvalue weighted by Gasteiger charge is -2.28. The molecule has 0 rings (SSSR count). The van der Waals surface area contributed by atoms with E-state index in [4.69, 9.17) is 0 Å². The van der Waals surface area contributed by atoms with Crippen molar-refractivity contribution in [3.05, 3.63) is 0 Å². The highest BCUT2D eigenvalue weighted by Crippen LogP contribution is 2.60. The largest absolute Gasteiger partial charge is 0.673 e.